The maximum absolute atomic E-state index is 5.35. The van der Waals surface area contributed by atoms with Crippen LogP contribution in [0.2, 0.25) is 0 Å². The lowest BCUT2D eigenvalue weighted by Gasteiger charge is -2.31. The first kappa shape index (κ1) is 31.4. The van der Waals surface area contributed by atoms with Gasteiger partial charge >= 0.3 is 0 Å². The number of pyridine rings is 1. The highest BCUT2D eigenvalue weighted by molar-refractivity contribution is 6.04. The van der Waals surface area contributed by atoms with Crippen molar-refractivity contribution in [2.45, 2.75) is 11.5 Å². The second-order valence-corrected chi connectivity index (χ2v) is 14.6. The number of nitrogens with one attached hydrogen (secondary N) is 1. The van der Waals surface area contributed by atoms with Crippen LogP contribution in [0.5, 0.6) is 0 Å². The fourth-order valence-electron chi connectivity index (χ4n) is 9.20. The third-order valence-corrected chi connectivity index (χ3v) is 11.6. The van der Waals surface area contributed by atoms with Crippen molar-refractivity contribution in [2.75, 3.05) is 0 Å². The predicted octanol–water partition coefficient (Wildman–Crippen LogP) is 11.9. The molecule has 1 aromatic heterocycles. The van der Waals surface area contributed by atoms with E-state index in [1.807, 2.05) is 18.5 Å². The maximum Gasteiger partial charge on any atom is 0.134 e. The lowest BCUT2D eigenvalue weighted by molar-refractivity contribution is 0.762. The summed E-state index contributed by atoms with van der Waals surface area (Å²) in [6, 6.07) is 66.0. The Morgan fingerprint density at radius 3 is 1.64 bits per heavy atom. The summed E-state index contributed by atoms with van der Waals surface area (Å²) in [6.45, 7) is 0. The van der Waals surface area contributed by atoms with E-state index in [2.05, 4.69) is 192 Å². The van der Waals surface area contributed by atoms with Crippen molar-refractivity contribution in [1.82, 2.24) is 10.3 Å². The minimum Gasteiger partial charge on any atom is -0.359 e. The van der Waals surface area contributed by atoms with Gasteiger partial charge < -0.3 is 5.32 Å². The fourth-order valence-corrected chi connectivity index (χ4v) is 9.20. The van der Waals surface area contributed by atoms with Crippen molar-refractivity contribution in [2.24, 2.45) is 4.99 Å². The molecule has 7 aromatic carbocycles. The molecular weight excluding hydrogens is 667 g/mol. The topological polar surface area (TPSA) is 37.3 Å². The molecule has 0 amide bonds. The van der Waals surface area contributed by atoms with Crippen LogP contribution >= 0.6 is 0 Å². The zero-order chi connectivity index (χ0) is 36.3. The first-order chi connectivity index (χ1) is 27.3. The minimum atomic E-state index is -0.407. The molecule has 1 N–H and O–H groups in total. The van der Waals surface area contributed by atoms with Crippen LogP contribution in [0.15, 0.2) is 205 Å². The predicted molar refractivity (Wildman–Crippen MR) is 225 cm³/mol. The van der Waals surface area contributed by atoms with E-state index in [0.29, 0.717) is 0 Å². The van der Waals surface area contributed by atoms with E-state index < -0.39 is 5.41 Å². The van der Waals surface area contributed by atoms with Crippen molar-refractivity contribution >= 4 is 11.5 Å². The lowest BCUT2D eigenvalue weighted by Crippen LogP contribution is -2.32. The van der Waals surface area contributed by atoms with Crippen LogP contribution in [0.4, 0.5) is 0 Å². The number of aliphatic imine (C=N–C) groups is 1. The maximum atomic E-state index is 5.35. The number of rotatable bonds is 5. The third kappa shape index (κ3) is 4.90. The van der Waals surface area contributed by atoms with E-state index >= 15 is 0 Å². The van der Waals surface area contributed by atoms with Gasteiger partial charge in [-0.05, 0) is 91.0 Å². The lowest BCUT2D eigenvalue weighted by atomic mass is 9.70. The van der Waals surface area contributed by atoms with Crippen molar-refractivity contribution < 1.29 is 0 Å². The first-order valence-electron chi connectivity index (χ1n) is 18.9. The minimum absolute atomic E-state index is 0.136. The highest BCUT2D eigenvalue weighted by Crippen LogP contribution is 2.62. The van der Waals surface area contributed by atoms with Crippen LogP contribution in [0.3, 0.4) is 0 Å². The van der Waals surface area contributed by atoms with E-state index in [-0.39, 0.29) is 6.04 Å². The van der Waals surface area contributed by atoms with Crippen LogP contribution in [-0.4, -0.2) is 10.8 Å². The Bertz CT molecular complexity index is 2790. The van der Waals surface area contributed by atoms with Gasteiger partial charge in [-0.2, -0.15) is 0 Å². The molecule has 2 aliphatic carbocycles. The zero-order valence-electron chi connectivity index (χ0n) is 30.0. The monoisotopic (exact) mass is 701 g/mol. The number of benzene rings is 7. The normalized spacial score (nSPS) is 15.6. The van der Waals surface area contributed by atoms with Crippen LogP contribution in [0, 0.1) is 0 Å². The largest absolute Gasteiger partial charge is 0.359 e. The van der Waals surface area contributed by atoms with Gasteiger partial charge in [-0.3, -0.25) is 4.98 Å². The molecule has 1 atom stereocenters. The SMILES string of the molecule is C1=C(c2cccc(-c3cccnc3)c2)N=C(c2cccc(-c3ccccc3)c2)NC1c1ccc2c(c1)C1(c3ccccc3-c3ccccc31)c1ccccc1-2. The molecule has 3 nitrogen and oxygen atoms in total. The van der Waals surface area contributed by atoms with Crippen LogP contribution < -0.4 is 5.32 Å². The molecule has 0 radical (unpaired) electrons. The number of hydrogen-bond donors (Lipinski definition) is 1. The van der Waals surface area contributed by atoms with Gasteiger partial charge in [0, 0.05) is 29.1 Å². The molecule has 1 unspecified atom stereocenters. The summed E-state index contributed by atoms with van der Waals surface area (Å²) in [4.78, 5) is 9.74. The summed E-state index contributed by atoms with van der Waals surface area (Å²) < 4.78 is 0. The number of fused-ring (bicyclic) bond motifs is 10. The summed E-state index contributed by atoms with van der Waals surface area (Å²) in [5.74, 6) is 0.849. The Labute approximate surface area is 321 Å². The van der Waals surface area contributed by atoms with Crippen molar-refractivity contribution in [3.63, 3.8) is 0 Å². The molecule has 55 heavy (non-hydrogen) atoms. The van der Waals surface area contributed by atoms with Gasteiger partial charge in [-0.25, -0.2) is 4.99 Å². The zero-order valence-corrected chi connectivity index (χ0v) is 30.0. The summed E-state index contributed by atoms with van der Waals surface area (Å²) >= 11 is 0. The fraction of sp³-hybridized carbons (Fsp3) is 0.0385. The van der Waals surface area contributed by atoms with Gasteiger partial charge in [0.05, 0.1) is 17.2 Å². The van der Waals surface area contributed by atoms with Crippen LogP contribution in [-0.2, 0) is 5.41 Å². The Hall–Kier alpha value is -7.10. The van der Waals surface area contributed by atoms with Gasteiger partial charge in [0.1, 0.15) is 5.84 Å². The van der Waals surface area contributed by atoms with E-state index in [1.54, 1.807) is 0 Å². The van der Waals surface area contributed by atoms with Crippen LogP contribution in [0.25, 0.3) is 50.2 Å². The van der Waals surface area contributed by atoms with Gasteiger partial charge in [-0.15, -0.1) is 0 Å². The first-order valence-corrected chi connectivity index (χ1v) is 18.9. The van der Waals surface area contributed by atoms with Gasteiger partial charge in [-0.1, -0.05) is 164 Å². The molecule has 0 saturated carbocycles. The Morgan fingerprint density at radius 2 is 0.964 bits per heavy atom. The third-order valence-electron chi connectivity index (χ3n) is 11.6. The molecule has 0 bridgehead atoms. The average Bonchev–Trinajstić information content (AvgIpc) is 3.74. The molecule has 2 heterocycles. The quantitative estimate of drug-likeness (QED) is 0.194. The smallest absolute Gasteiger partial charge is 0.134 e. The molecule has 3 aliphatic rings. The van der Waals surface area contributed by atoms with E-state index in [0.717, 1.165) is 39.3 Å². The Morgan fingerprint density at radius 1 is 0.418 bits per heavy atom. The summed E-state index contributed by atoms with van der Waals surface area (Å²) in [5, 5.41) is 3.90. The number of hydrogen-bond acceptors (Lipinski definition) is 3. The molecule has 1 spiro atoms. The molecule has 0 fully saturated rings. The molecule has 8 aromatic rings. The molecule has 258 valence electrons. The Kier molecular flexibility index (Phi) is 7.14. The van der Waals surface area contributed by atoms with E-state index in [9.17, 15) is 0 Å². The average molecular weight is 702 g/mol. The second kappa shape index (κ2) is 12.5. The number of aromatic nitrogens is 1. The van der Waals surface area contributed by atoms with Gasteiger partial charge in [0.2, 0.25) is 0 Å². The van der Waals surface area contributed by atoms with Gasteiger partial charge in [0.15, 0.2) is 0 Å². The highest BCUT2D eigenvalue weighted by Gasteiger charge is 2.51. The van der Waals surface area contributed by atoms with E-state index in [1.165, 1.54) is 55.6 Å². The molecule has 3 heteroatoms. The molecule has 1 aliphatic heterocycles. The van der Waals surface area contributed by atoms with Gasteiger partial charge in [0.25, 0.3) is 0 Å². The molecule has 11 rings (SSSR count). The molecular formula is C52H35N3. The molecule has 0 saturated heterocycles. The number of nitrogens with zero attached hydrogens (tertiary/aromatic N) is 2. The van der Waals surface area contributed by atoms with E-state index in [4.69, 9.17) is 4.99 Å². The summed E-state index contributed by atoms with van der Waals surface area (Å²) in [7, 11) is 0. The summed E-state index contributed by atoms with van der Waals surface area (Å²) in [5.41, 5.74) is 18.9. The highest BCUT2D eigenvalue weighted by atomic mass is 15.0. The van der Waals surface area contributed by atoms with Crippen molar-refractivity contribution in [1.29, 1.82) is 0 Å². The van der Waals surface area contributed by atoms with Crippen LogP contribution in [0.1, 0.15) is 45.0 Å². The van der Waals surface area contributed by atoms with Crippen molar-refractivity contribution in [3.05, 3.63) is 239 Å². The standard InChI is InChI=1S/C52H35N3/c1-2-13-34(14-3-1)35-15-11-18-39(30-35)51-54-49(37-17-10-16-36(29-37)40-19-12-28-53-33-40)32-50(55-51)38-26-27-44-43-22-6-9-25-47(43)52(48(44)31-38)45-23-7-4-20-41(45)42-21-5-8-24-46(42)52/h1-33,50H,(H,54,55). The Balaban J connectivity index is 1.09. The number of amidine groups is 1. The summed E-state index contributed by atoms with van der Waals surface area (Å²) in [6.07, 6.45) is 6.02. The second-order valence-electron chi connectivity index (χ2n) is 14.6. The van der Waals surface area contributed by atoms with Crippen molar-refractivity contribution in [3.8, 4) is 44.5 Å².